The van der Waals surface area contributed by atoms with Crippen molar-refractivity contribution in [2.75, 3.05) is 19.7 Å². The normalized spacial score (nSPS) is 17.8. The van der Waals surface area contributed by atoms with Crippen LogP contribution in [0.1, 0.15) is 274 Å². The van der Waals surface area contributed by atoms with Crippen molar-refractivity contribution < 1.29 is 29.0 Å². The van der Waals surface area contributed by atoms with E-state index >= 15 is 0 Å². The number of esters is 1. The van der Waals surface area contributed by atoms with Crippen LogP contribution in [0.5, 0.6) is 0 Å². The molecule has 362 valence electrons. The molecule has 0 bridgehead atoms. The zero-order chi connectivity index (χ0) is 45.7. The minimum atomic E-state index is -1.08. The van der Waals surface area contributed by atoms with E-state index in [9.17, 15) is 19.5 Å². The first-order chi connectivity index (χ1) is 29.2. The molecular weight excluding hydrogens is 761 g/mol. The fraction of sp³-hybridized carbons (Fsp3) is 0.943. The molecule has 1 aliphatic rings. The zero-order valence-electron chi connectivity index (χ0n) is 42.1. The Morgan fingerprint density at radius 2 is 0.918 bits per heavy atom. The van der Waals surface area contributed by atoms with Gasteiger partial charge < -0.3 is 25.2 Å². The lowest BCUT2D eigenvalue weighted by atomic mass is 10.0. The second kappa shape index (κ2) is 37.7. The average Bonchev–Trinajstić information content (AvgIpc) is 3.77. The molecule has 0 aliphatic heterocycles. The molecule has 1 fully saturated rings. The number of hydrogen-bond donors (Lipinski definition) is 3. The highest BCUT2D eigenvalue weighted by Gasteiger charge is 2.68. The predicted octanol–water partition coefficient (Wildman–Crippen LogP) is 14.3. The number of hydrogen-bond acceptors (Lipinski definition) is 6. The van der Waals surface area contributed by atoms with E-state index in [0.717, 1.165) is 44.4 Å². The minimum Gasteiger partial charge on any atom is -0.450 e. The summed E-state index contributed by atoms with van der Waals surface area (Å²) < 4.78 is 11.8. The summed E-state index contributed by atoms with van der Waals surface area (Å²) in [7, 11) is 0. The van der Waals surface area contributed by atoms with Gasteiger partial charge in [0.05, 0.1) is 29.8 Å². The Morgan fingerprint density at radius 3 is 1.28 bits per heavy atom. The third-order valence-electron chi connectivity index (χ3n) is 12.4. The number of rotatable bonds is 41. The number of aliphatic hydroxyl groups excluding tert-OH is 1. The highest BCUT2D eigenvalue weighted by molar-refractivity contribution is 5.89. The molecule has 61 heavy (non-hydrogen) atoms. The van der Waals surface area contributed by atoms with Crippen molar-refractivity contribution in [1.82, 2.24) is 10.6 Å². The molecular formula is C53H104N2O6. The van der Waals surface area contributed by atoms with Gasteiger partial charge in [-0.1, -0.05) is 221 Å². The topological polar surface area (TPSA) is 114 Å². The van der Waals surface area contributed by atoms with Gasteiger partial charge in [-0.05, 0) is 52.9 Å². The lowest BCUT2D eigenvalue weighted by Crippen LogP contribution is -2.48. The number of aliphatic hydroxyl groups is 1. The SMILES string of the molecule is CC(C)C.CCCCCCCCCCCCCCCCCCNC(=O)C(CNC(=O)C1(C)CC1(C)OC(C)(C)CO)OC(=O)CCCCCCCCCCCCCCCCC. The smallest absolute Gasteiger partial charge is 0.306 e. The van der Waals surface area contributed by atoms with E-state index in [0.29, 0.717) is 13.0 Å². The van der Waals surface area contributed by atoms with Crippen LogP contribution in [0.3, 0.4) is 0 Å². The largest absolute Gasteiger partial charge is 0.450 e. The Bertz CT molecular complexity index is 1060. The number of ether oxygens (including phenoxy) is 2. The summed E-state index contributed by atoms with van der Waals surface area (Å²) in [6.45, 7) is 18.6. The Hall–Kier alpha value is -1.67. The van der Waals surface area contributed by atoms with Gasteiger partial charge in [-0.25, -0.2) is 0 Å². The first-order valence-electron chi connectivity index (χ1n) is 26.2. The van der Waals surface area contributed by atoms with E-state index in [4.69, 9.17) is 9.47 Å². The van der Waals surface area contributed by atoms with Crippen LogP contribution in [0.2, 0.25) is 0 Å². The molecule has 3 unspecified atom stereocenters. The fourth-order valence-electron chi connectivity index (χ4n) is 8.17. The number of nitrogens with one attached hydrogen (secondary N) is 2. The van der Waals surface area contributed by atoms with Crippen LogP contribution in [0.4, 0.5) is 0 Å². The van der Waals surface area contributed by atoms with Crippen LogP contribution in [-0.2, 0) is 23.9 Å². The molecule has 1 aliphatic carbocycles. The highest BCUT2D eigenvalue weighted by Crippen LogP contribution is 2.59. The first-order valence-corrected chi connectivity index (χ1v) is 26.2. The third-order valence-corrected chi connectivity index (χ3v) is 12.4. The second-order valence-electron chi connectivity index (χ2n) is 20.5. The molecule has 1 rings (SSSR count). The van der Waals surface area contributed by atoms with Crippen molar-refractivity contribution in [3.8, 4) is 0 Å². The molecule has 3 atom stereocenters. The molecule has 0 heterocycles. The van der Waals surface area contributed by atoms with E-state index in [1.165, 1.54) is 161 Å². The summed E-state index contributed by atoms with van der Waals surface area (Å²) in [5.74, 6) is -0.160. The average molecular weight is 865 g/mol. The summed E-state index contributed by atoms with van der Waals surface area (Å²) in [5, 5.41) is 15.6. The monoisotopic (exact) mass is 865 g/mol. The van der Waals surface area contributed by atoms with Crippen LogP contribution in [-0.4, -0.2) is 59.9 Å². The molecule has 8 heteroatoms. The number of unbranched alkanes of at least 4 members (excludes halogenated alkanes) is 29. The lowest BCUT2D eigenvalue weighted by Gasteiger charge is -2.30. The van der Waals surface area contributed by atoms with Crippen molar-refractivity contribution >= 4 is 17.8 Å². The van der Waals surface area contributed by atoms with Gasteiger partial charge in [0.1, 0.15) is 0 Å². The van der Waals surface area contributed by atoms with Gasteiger partial charge in [0.15, 0.2) is 6.10 Å². The van der Waals surface area contributed by atoms with E-state index in [-0.39, 0.29) is 31.4 Å². The maximum Gasteiger partial charge on any atom is 0.306 e. The molecule has 0 saturated heterocycles. The Labute approximate surface area is 378 Å². The molecule has 2 amide bonds. The molecule has 0 spiro atoms. The quantitative estimate of drug-likeness (QED) is 0.0417. The standard InChI is InChI=1S/C49H94N2O6.C4H10/c1-7-9-11-13-15-17-19-21-23-25-27-29-31-33-35-37-39-50-45(54)43(40-51-46(55)48(5)41-49(48,6)57-47(3,4)42-52)56-44(53)38-36-34-32-30-28-26-24-22-20-18-16-14-12-10-8-2;1-4(2)3/h43,52H,7-42H2,1-6H3,(H,50,54)(H,51,55);4H,1-3H3. The van der Waals surface area contributed by atoms with Gasteiger partial charge in [0.25, 0.3) is 5.91 Å². The van der Waals surface area contributed by atoms with Gasteiger partial charge in [0.2, 0.25) is 5.91 Å². The third kappa shape index (κ3) is 32.6. The highest BCUT2D eigenvalue weighted by atomic mass is 16.6. The van der Waals surface area contributed by atoms with E-state index in [1.807, 2.05) is 13.8 Å². The van der Waals surface area contributed by atoms with Gasteiger partial charge in [-0.3, -0.25) is 14.4 Å². The molecule has 0 aromatic rings. The van der Waals surface area contributed by atoms with Crippen molar-refractivity contribution in [3.63, 3.8) is 0 Å². The van der Waals surface area contributed by atoms with Gasteiger partial charge >= 0.3 is 5.97 Å². The van der Waals surface area contributed by atoms with Crippen molar-refractivity contribution in [1.29, 1.82) is 0 Å². The van der Waals surface area contributed by atoms with Crippen LogP contribution in [0, 0.1) is 11.3 Å². The van der Waals surface area contributed by atoms with Crippen LogP contribution in [0.15, 0.2) is 0 Å². The molecule has 0 aromatic heterocycles. The molecule has 0 aromatic carbocycles. The summed E-state index contributed by atoms with van der Waals surface area (Å²) >= 11 is 0. The van der Waals surface area contributed by atoms with E-state index in [2.05, 4.69) is 45.3 Å². The van der Waals surface area contributed by atoms with Crippen LogP contribution >= 0.6 is 0 Å². The van der Waals surface area contributed by atoms with Crippen LogP contribution in [0.25, 0.3) is 0 Å². The second-order valence-corrected chi connectivity index (χ2v) is 20.5. The van der Waals surface area contributed by atoms with Gasteiger partial charge in [-0.2, -0.15) is 0 Å². The number of carbonyl (C=O) groups excluding carboxylic acids is 3. The molecule has 0 radical (unpaired) electrons. The Morgan fingerprint density at radius 1 is 0.574 bits per heavy atom. The van der Waals surface area contributed by atoms with E-state index in [1.54, 1.807) is 13.8 Å². The van der Waals surface area contributed by atoms with Gasteiger partial charge in [-0.15, -0.1) is 0 Å². The summed E-state index contributed by atoms with van der Waals surface area (Å²) in [5.41, 5.74) is -2.30. The van der Waals surface area contributed by atoms with Gasteiger partial charge in [0, 0.05) is 13.0 Å². The maximum atomic E-state index is 13.4. The van der Waals surface area contributed by atoms with Crippen LogP contribution < -0.4 is 10.6 Å². The number of carbonyl (C=O) groups is 3. The molecule has 1 saturated carbocycles. The van der Waals surface area contributed by atoms with Crippen molar-refractivity contribution in [3.05, 3.63) is 0 Å². The summed E-state index contributed by atoms with van der Waals surface area (Å²) in [6.07, 6.45) is 39.3. The van der Waals surface area contributed by atoms with Crippen molar-refractivity contribution in [2.24, 2.45) is 11.3 Å². The Balaban J connectivity index is 0.00000858. The summed E-state index contributed by atoms with van der Waals surface area (Å²) in [6, 6.07) is 0. The maximum absolute atomic E-state index is 13.4. The van der Waals surface area contributed by atoms with Crippen molar-refractivity contribution in [2.45, 2.75) is 292 Å². The zero-order valence-corrected chi connectivity index (χ0v) is 42.1. The first kappa shape index (κ1) is 59.3. The van der Waals surface area contributed by atoms with E-state index < -0.39 is 28.7 Å². The predicted molar refractivity (Wildman–Crippen MR) is 259 cm³/mol. The fourth-order valence-corrected chi connectivity index (χ4v) is 8.17. The number of amides is 2. The molecule has 3 N–H and O–H groups in total. The summed E-state index contributed by atoms with van der Waals surface area (Å²) in [4.78, 5) is 39.6. The Kier molecular flexibility index (Phi) is 36.6. The minimum absolute atomic E-state index is 0.0801. The molecule has 8 nitrogen and oxygen atoms in total. The lowest BCUT2D eigenvalue weighted by molar-refractivity contribution is -0.156.